The SMILES string of the molecule is CC(C(=O)NCCc1ccc(S(N)(=O)=O)cc1)N1CCC(C(=O)N2CCCCCC2)CC1. The van der Waals surface area contributed by atoms with Crippen LogP contribution in [0.25, 0.3) is 0 Å². The van der Waals surface area contributed by atoms with Crippen molar-refractivity contribution < 1.29 is 18.0 Å². The predicted molar refractivity (Wildman–Crippen MR) is 123 cm³/mol. The number of nitrogens with zero attached hydrogens (tertiary/aromatic N) is 2. The first kappa shape index (κ1) is 24.7. The molecule has 2 saturated heterocycles. The summed E-state index contributed by atoms with van der Waals surface area (Å²) in [6, 6.07) is 6.13. The van der Waals surface area contributed by atoms with Crippen molar-refractivity contribution in [3.8, 4) is 0 Å². The van der Waals surface area contributed by atoms with Crippen LogP contribution in [0.5, 0.6) is 0 Å². The Morgan fingerprint density at radius 2 is 1.62 bits per heavy atom. The van der Waals surface area contributed by atoms with E-state index in [4.69, 9.17) is 5.14 Å². The molecule has 2 fully saturated rings. The maximum absolute atomic E-state index is 12.9. The minimum Gasteiger partial charge on any atom is -0.354 e. The first-order valence-electron chi connectivity index (χ1n) is 11.7. The van der Waals surface area contributed by atoms with Crippen molar-refractivity contribution in [2.24, 2.45) is 11.1 Å². The summed E-state index contributed by atoms with van der Waals surface area (Å²) in [4.78, 5) is 29.7. The van der Waals surface area contributed by atoms with Crippen molar-refractivity contribution >= 4 is 21.8 Å². The second kappa shape index (κ2) is 11.2. The van der Waals surface area contributed by atoms with Gasteiger partial charge in [-0.05, 0) is 69.8 Å². The third kappa shape index (κ3) is 6.76. The van der Waals surface area contributed by atoms with Crippen molar-refractivity contribution in [2.75, 3.05) is 32.7 Å². The highest BCUT2D eigenvalue weighted by atomic mass is 32.2. The van der Waals surface area contributed by atoms with Crippen LogP contribution >= 0.6 is 0 Å². The monoisotopic (exact) mass is 464 g/mol. The van der Waals surface area contributed by atoms with E-state index in [1.54, 1.807) is 12.1 Å². The van der Waals surface area contributed by atoms with Gasteiger partial charge in [0.15, 0.2) is 0 Å². The molecule has 0 spiro atoms. The third-order valence-electron chi connectivity index (χ3n) is 6.69. The molecule has 0 radical (unpaired) electrons. The summed E-state index contributed by atoms with van der Waals surface area (Å²) in [5, 5.41) is 8.08. The molecular formula is C23H36N4O4S. The van der Waals surface area contributed by atoms with Crippen molar-refractivity contribution in [2.45, 2.75) is 62.8 Å². The molecule has 1 aromatic rings. The van der Waals surface area contributed by atoms with Gasteiger partial charge in [-0.25, -0.2) is 13.6 Å². The summed E-state index contributed by atoms with van der Waals surface area (Å²) in [5.41, 5.74) is 0.929. The number of carbonyl (C=O) groups excluding carboxylic acids is 2. The summed E-state index contributed by atoms with van der Waals surface area (Å²) < 4.78 is 22.6. The molecule has 9 heteroatoms. The summed E-state index contributed by atoms with van der Waals surface area (Å²) in [5.74, 6) is 0.362. The molecule has 1 atom stereocenters. The third-order valence-corrected chi connectivity index (χ3v) is 7.62. The number of piperidine rings is 1. The first-order chi connectivity index (χ1) is 15.3. The molecule has 2 heterocycles. The molecule has 2 aliphatic rings. The van der Waals surface area contributed by atoms with Gasteiger partial charge in [0.1, 0.15) is 0 Å². The zero-order valence-electron chi connectivity index (χ0n) is 19.0. The van der Waals surface area contributed by atoms with E-state index in [1.807, 2.05) is 6.92 Å². The van der Waals surface area contributed by atoms with Gasteiger partial charge in [0.05, 0.1) is 10.9 Å². The Kier molecular flexibility index (Phi) is 8.67. The van der Waals surface area contributed by atoms with E-state index in [0.717, 1.165) is 57.4 Å². The smallest absolute Gasteiger partial charge is 0.238 e. The van der Waals surface area contributed by atoms with Crippen LogP contribution < -0.4 is 10.5 Å². The van der Waals surface area contributed by atoms with Crippen LogP contribution in [0.15, 0.2) is 29.2 Å². The standard InChI is InChI=1S/C23H36N4O4S/c1-18(22(28)25-13-10-19-6-8-21(9-7-19)32(24,30)31)26-16-11-20(12-17-26)23(29)27-14-4-2-3-5-15-27/h6-9,18,20H,2-5,10-17H2,1H3,(H,25,28)(H2,24,30,31). The number of benzene rings is 1. The van der Waals surface area contributed by atoms with Gasteiger partial charge in [0.25, 0.3) is 0 Å². The fraction of sp³-hybridized carbons (Fsp3) is 0.652. The lowest BCUT2D eigenvalue weighted by Crippen LogP contribution is -2.50. The normalized spacial score (nSPS) is 19.9. The molecule has 2 aliphatic heterocycles. The van der Waals surface area contributed by atoms with Gasteiger partial charge < -0.3 is 10.2 Å². The molecule has 0 aromatic heterocycles. The van der Waals surface area contributed by atoms with Gasteiger partial charge in [-0.3, -0.25) is 14.5 Å². The number of sulfonamides is 1. The van der Waals surface area contributed by atoms with Crippen molar-refractivity contribution in [3.63, 3.8) is 0 Å². The van der Waals surface area contributed by atoms with Gasteiger partial charge in [-0.15, -0.1) is 0 Å². The highest BCUT2D eigenvalue weighted by Crippen LogP contribution is 2.23. The highest BCUT2D eigenvalue weighted by Gasteiger charge is 2.31. The fourth-order valence-corrected chi connectivity index (χ4v) is 5.09. The van der Waals surface area contributed by atoms with Crippen molar-refractivity contribution in [1.29, 1.82) is 0 Å². The van der Waals surface area contributed by atoms with Gasteiger partial charge >= 0.3 is 0 Å². The molecule has 0 saturated carbocycles. The van der Waals surface area contributed by atoms with Crippen molar-refractivity contribution in [3.05, 3.63) is 29.8 Å². The van der Waals surface area contributed by atoms with Crippen LogP contribution in [-0.2, 0) is 26.0 Å². The van der Waals surface area contributed by atoms with Gasteiger partial charge in [0.2, 0.25) is 21.8 Å². The van der Waals surface area contributed by atoms with E-state index < -0.39 is 10.0 Å². The van der Waals surface area contributed by atoms with E-state index in [1.165, 1.54) is 25.0 Å². The number of primary sulfonamides is 1. The van der Waals surface area contributed by atoms with E-state index in [2.05, 4.69) is 15.1 Å². The summed E-state index contributed by atoms with van der Waals surface area (Å²) in [7, 11) is -3.69. The second-order valence-electron chi connectivity index (χ2n) is 8.96. The Morgan fingerprint density at radius 1 is 1.03 bits per heavy atom. The summed E-state index contributed by atoms with van der Waals surface area (Å²) >= 11 is 0. The van der Waals surface area contributed by atoms with Crippen LogP contribution in [-0.4, -0.2) is 68.8 Å². The van der Waals surface area contributed by atoms with Crippen LogP contribution in [0.4, 0.5) is 0 Å². The van der Waals surface area contributed by atoms with Crippen LogP contribution in [0.3, 0.4) is 0 Å². The van der Waals surface area contributed by atoms with Gasteiger partial charge in [-0.2, -0.15) is 0 Å². The molecule has 2 amide bonds. The Morgan fingerprint density at radius 3 is 2.19 bits per heavy atom. The van der Waals surface area contributed by atoms with Crippen LogP contribution in [0, 0.1) is 5.92 Å². The molecule has 0 bridgehead atoms. The number of nitrogens with one attached hydrogen (secondary N) is 1. The minimum absolute atomic E-state index is 0.0246. The number of rotatable bonds is 7. The number of amides is 2. The quantitative estimate of drug-likeness (QED) is 0.635. The Labute approximate surface area is 191 Å². The molecule has 3 rings (SSSR count). The molecule has 1 aromatic carbocycles. The van der Waals surface area contributed by atoms with E-state index >= 15 is 0 Å². The van der Waals surface area contributed by atoms with E-state index in [0.29, 0.717) is 18.9 Å². The maximum atomic E-state index is 12.9. The number of hydrogen-bond donors (Lipinski definition) is 2. The minimum atomic E-state index is -3.69. The highest BCUT2D eigenvalue weighted by molar-refractivity contribution is 7.89. The Hall–Kier alpha value is -1.97. The van der Waals surface area contributed by atoms with Gasteiger partial charge in [-0.1, -0.05) is 25.0 Å². The van der Waals surface area contributed by atoms with Gasteiger partial charge in [0, 0.05) is 25.6 Å². The maximum Gasteiger partial charge on any atom is 0.238 e. The lowest BCUT2D eigenvalue weighted by Gasteiger charge is -2.36. The summed E-state index contributed by atoms with van der Waals surface area (Å²) in [6.07, 6.45) is 6.88. The number of hydrogen-bond acceptors (Lipinski definition) is 5. The number of carbonyl (C=O) groups is 2. The molecular weight excluding hydrogens is 428 g/mol. The Bertz CT molecular complexity index is 872. The molecule has 1 unspecified atom stereocenters. The fourth-order valence-electron chi connectivity index (χ4n) is 4.57. The molecule has 32 heavy (non-hydrogen) atoms. The zero-order valence-corrected chi connectivity index (χ0v) is 19.8. The summed E-state index contributed by atoms with van der Waals surface area (Å²) in [6.45, 7) is 5.68. The molecule has 3 N–H and O–H groups in total. The van der Waals surface area contributed by atoms with E-state index in [-0.39, 0.29) is 22.8 Å². The Balaban J connectivity index is 1.40. The second-order valence-corrected chi connectivity index (χ2v) is 10.5. The lowest BCUT2D eigenvalue weighted by molar-refractivity contribution is -0.137. The first-order valence-corrected chi connectivity index (χ1v) is 13.2. The lowest BCUT2D eigenvalue weighted by atomic mass is 9.94. The predicted octanol–water partition coefficient (Wildman–Crippen LogP) is 1.50. The van der Waals surface area contributed by atoms with Crippen LogP contribution in [0.2, 0.25) is 0 Å². The molecule has 0 aliphatic carbocycles. The molecule has 8 nitrogen and oxygen atoms in total. The average Bonchev–Trinajstić information content (AvgIpc) is 3.07. The van der Waals surface area contributed by atoms with Crippen LogP contribution in [0.1, 0.15) is 51.0 Å². The van der Waals surface area contributed by atoms with E-state index in [9.17, 15) is 18.0 Å². The largest absolute Gasteiger partial charge is 0.354 e. The average molecular weight is 465 g/mol. The molecule has 178 valence electrons. The topological polar surface area (TPSA) is 113 Å². The number of nitrogens with two attached hydrogens (primary N) is 1. The number of likely N-dealkylation sites (tertiary alicyclic amines) is 2. The van der Waals surface area contributed by atoms with Crippen molar-refractivity contribution in [1.82, 2.24) is 15.1 Å². The zero-order chi connectivity index (χ0) is 23.1.